The van der Waals surface area contributed by atoms with Crippen LogP contribution in [0.5, 0.6) is 0 Å². The lowest BCUT2D eigenvalue weighted by Gasteiger charge is -2.17. The first-order chi connectivity index (χ1) is 10.1. The molecule has 1 saturated carbocycles. The standard InChI is InChI=1S/C14H17BrN4O2/c15-10-3-4-12(20)19(9-10)8-5-11-17-13(18-21-11)14(16)6-1-2-7-14/h3-4,9H,1-2,5-8,16H2. The molecule has 0 saturated heterocycles. The molecule has 0 atom stereocenters. The first-order valence-electron chi connectivity index (χ1n) is 7.05. The van der Waals surface area contributed by atoms with Crippen molar-refractivity contribution in [3.8, 4) is 0 Å². The van der Waals surface area contributed by atoms with Gasteiger partial charge in [0.2, 0.25) is 5.89 Å². The van der Waals surface area contributed by atoms with Gasteiger partial charge in [0.25, 0.3) is 5.56 Å². The molecule has 1 aliphatic carbocycles. The van der Waals surface area contributed by atoms with E-state index in [9.17, 15) is 4.79 Å². The van der Waals surface area contributed by atoms with Crippen molar-refractivity contribution in [2.24, 2.45) is 5.73 Å². The molecule has 0 spiro atoms. The van der Waals surface area contributed by atoms with Crippen LogP contribution in [0, 0.1) is 0 Å². The molecule has 0 aliphatic heterocycles. The molecule has 2 aromatic rings. The Hall–Kier alpha value is -1.47. The maximum Gasteiger partial charge on any atom is 0.250 e. The fourth-order valence-electron chi connectivity index (χ4n) is 2.68. The van der Waals surface area contributed by atoms with Crippen LogP contribution in [-0.4, -0.2) is 14.7 Å². The summed E-state index contributed by atoms with van der Waals surface area (Å²) < 4.78 is 7.74. The summed E-state index contributed by atoms with van der Waals surface area (Å²) >= 11 is 3.35. The quantitative estimate of drug-likeness (QED) is 0.908. The number of pyridine rings is 1. The Bertz CT molecular complexity index is 688. The van der Waals surface area contributed by atoms with Crippen molar-refractivity contribution in [1.29, 1.82) is 0 Å². The van der Waals surface area contributed by atoms with Crippen LogP contribution in [0.3, 0.4) is 0 Å². The van der Waals surface area contributed by atoms with Gasteiger partial charge in [-0.05, 0) is 34.8 Å². The number of hydrogen-bond acceptors (Lipinski definition) is 5. The summed E-state index contributed by atoms with van der Waals surface area (Å²) in [6.45, 7) is 0.497. The topological polar surface area (TPSA) is 86.9 Å². The highest BCUT2D eigenvalue weighted by Crippen LogP contribution is 2.34. The second-order valence-corrected chi connectivity index (χ2v) is 6.42. The minimum atomic E-state index is -0.436. The molecule has 1 fully saturated rings. The summed E-state index contributed by atoms with van der Waals surface area (Å²) in [4.78, 5) is 16.1. The second kappa shape index (κ2) is 5.73. The van der Waals surface area contributed by atoms with Crippen LogP contribution in [0.15, 0.2) is 32.1 Å². The minimum absolute atomic E-state index is 0.0518. The lowest BCUT2D eigenvalue weighted by atomic mass is 9.99. The third kappa shape index (κ3) is 3.08. The zero-order chi connectivity index (χ0) is 14.9. The molecule has 0 bridgehead atoms. The van der Waals surface area contributed by atoms with Crippen LogP contribution in [0.25, 0.3) is 0 Å². The second-order valence-electron chi connectivity index (χ2n) is 5.50. The summed E-state index contributed by atoms with van der Waals surface area (Å²) in [7, 11) is 0. The molecule has 7 heteroatoms. The molecule has 0 amide bonds. The van der Waals surface area contributed by atoms with Crippen molar-refractivity contribution < 1.29 is 4.52 Å². The third-order valence-electron chi connectivity index (χ3n) is 3.92. The van der Waals surface area contributed by atoms with Gasteiger partial charge in [0.15, 0.2) is 5.82 Å². The lowest BCUT2D eigenvalue weighted by molar-refractivity contribution is 0.344. The maximum absolute atomic E-state index is 11.7. The summed E-state index contributed by atoms with van der Waals surface area (Å²) in [5.41, 5.74) is 5.81. The van der Waals surface area contributed by atoms with Gasteiger partial charge >= 0.3 is 0 Å². The van der Waals surface area contributed by atoms with E-state index in [1.165, 1.54) is 6.07 Å². The van der Waals surface area contributed by atoms with E-state index >= 15 is 0 Å². The van der Waals surface area contributed by atoms with Gasteiger partial charge in [-0.2, -0.15) is 4.98 Å². The van der Waals surface area contributed by atoms with Crippen LogP contribution >= 0.6 is 15.9 Å². The van der Waals surface area contributed by atoms with Crippen molar-refractivity contribution in [3.63, 3.8) is 0 Å². The molecule has 0 unspecified atom stereocenters. The third-order valence-corrected chi connectivity index (χ3v) is 4.39. The molecule has 3 rings (SSSR count). The maximum atomic E-state index is 11.7. The minimum Gasteiger partial charge on any atom is -0.339 e. The Morgan fingerprint density at radius 1 is 1.38 bits per heavy atom. The average molecular weight is 353 g/mol. The molecule has 21 heavy (non-hydrogen) atoms. The number of halogens is 1. The van der Waals surface area contributed by atoms with Crippen LogP contribution in [0.4, 0.5) is 0 Å². The zero-order valence-corrected chi connectivity index (χ0v) is 13.2. The first-order valence-corrected chi connectivity index (χ1v) is 7.84. The van der Waals surface area contributed by atoms with Crippen molar-refractivity contribution in [3.05, 3.63) is 44.9 Å². The Morgan fingerprint density at radius 3 is 2.90 bits per heavy atom. The molecular weight excluding hydrogens is 336 g/mol. The van der Waals surface area contributed by atoms with Gasteiger partial charge in [-0.25, -0.2) is 0 Å². The number of nitrogens with zero attached hydrogens (tertiary/aromatic N) is 3. The van der Waals surface area contributed by atoms with E-state index in [0.717, 1.165) is 30.2 Å². The molecular formula is C14H17BrN4O2. The number of hydrogen-bond donors (Lipinski definition) is 1. The molecule has 1 aliphatic rings. The molecule has 2 heterocycles. The van der Waals surface area contributed by atoms with Gasteiger partial charge in [-0.1, -0.05) is 18.0 Å². The smallest absolute Gasteiger partial charge is 0.250 e. The number of aryl methyl sites for hydroxylation is 2. The molecule has 2 N–H and O–H groups in total. The fraction of sp³-hybridized carbons (Fsp3) is 0.500. The number of nitrogens with two attached hydrogens (primary N) is 1. The molecule has 0 radical (unpaired) electrons. The van der Waals surface area contributed by atoms with Gasteiger partial charge in [-0.3, -0.25) is 4.79 Å². The Labute approximate surface area is 130 Å². The zero-order valence-electron chi connectivity index (χ0n) is 11.6. The van der Waals surface area contributed by atoms with Gasteiger partial charge in [0, 0.05) is 29.7 Å². The van der Waals surface area contributed by atoms with Crippen LogP contribution < -0.4 is 11.3 Å². The summed E-state index contributed by atoms with van der Waals surface area (Å²) in [6, 6.07) is 3.25. The van der Waals surface area contributed by atoms with Gasteiger partial charge in [0.1, 0.15) is 0 Å². The molecule has 0 aromatic carbocycles. The average Bonchev–Trinajstić information content (AvgIpc) is 3.10. The predicted octanol–water partition coefficient (Wildman–Crippen LogP) is 1.96. The highest BCUT2D eigenvalue weighted by Gasteiger charge is 2.35. The van der Waals surface area contributed by atoms with E-state index in [1.807, 2.05) is 0 Å². The Morgan fingerprint density at radius 2 is 2.14 bits per heavy atom. The van der Waals surface area contributed by atoms with Gasteiger partial charge in [0.05, 0.1) is 5.54 Å². The van der Waals surface area contributed by atoms with Crippen molar-refractivity contribution in [1.82, 2.24) is 14.7 Å². The highest BCUT2D eigenvalue weighted by atomic mass is 79.9. The number of rotatable bonds is 4. The van der Waals surface area contributed by atoms with Crippen LogP contribution in [0.1, 0.15) is 37.4 Å². The van der Waals surface area contributed by atoms with E-state index < -0.39 is 5.54 Å². The van der Waals surface area contributed by atoms with Crippen molar-refractivity contribution in [2.75, 3.05) is 0 Å². The van der Waals surface area contributed by atoms with E-state index in [2.05, 4.69) is 26.1 Å². The predicted molar refractivity (Wildman–Crippen MR) is 80.7 cm³/mol. The van der Waals surface area contributed by atoms with Crippen molar-refractivity contribution in [2.45, 2.75) is 44.2 Å². The fourth-order valence-corrected chi connectivity index (χ4v) is 3.06. The van der Waals surface area contributed by atoms with Crippen molar-refractivity contribution >= 4 is 15.9 Å². The lowest BCUT2D eigenvalue weighted by Crippen LogP contribution is -2.34. The summed E-state index contributed by atoms with van der Waals surface area (Å²) in [5.74, 6) is 1.12. The van der Waals surface area contributed by atoms with E-state index in [4.69, 9.17) is 10.3 Å². The Kier molecular flexibility index (Phi) is 3.95. The first kappa shape index (κ1) is 14.5. The van der Waals surface area contributed by atoms with E-state index in [0.29, 0.717) is 24.7 Å². The Balaban J connectivity index is 1.70. The van der Waals surface area contributed by atoms with E-state index in [1.54, 1.807) is 16.8 Å². The van der Waals surface area contributed by atoms with Crippen LogP contribution in [-0.2, 0) is 18.5 Å². The normalized spacial score (nSPS) is 17.2. The molecule has 112 valence electrons. The van der Waals surface area contributed by atoms with E-state index in [-0.39, 0.29) is 5.56 Å². The summed E-state index contributed by atoms with van der Waals surface area (Å²) in [5, 5.41) is 4.01. The molecule has 6 nitrogen and oxygen atoms in total. The SMILES string of the molecule is NC1(c2noc(CCn3cc(Br)ccc3=O)n2)CCCC1. The molecule has 2 aromatic heterocycles. The monoisotopic (exact) mass is 352 g/mol. The van der Waals surface area contributed by atoms with Gasteiger partial charge in [-0.15, -0.1) is 0 Å². The summed E-state index contributed by atoms with van der Waals surface area (Å²) in [6.07, 6.45) is 6.27. The highest BCUT2D eigenvalue weighted by molar-refractivity contribution is 9.10. The van der Waals surface area contributed by atoms with Gasteiger partial charge < -0.3 is 14.8 Å². The number of aromatic nitrogens is 3. The largest absolute Gasteiger partial charge is 0.339 e. The van der Waals surface area contributed by atoms with Crippen LogP contribution in [0.2, 0.25) is 0 Å².